The highest BCUT2D eigenvalue weighted by Crippen LogP contribution is 2.27. The number of hydrogen-bond donors (Lipinski definition) is 1. The van der Waals surface area contributed by atoms with Crippen molar-refractivity contribution in [2.45, 2.75) is 26.2 Å². The molecule has 0 saturated carbocycles. The molecule has 2 aromatic carbocycles. The molecule has 3 heteroatoms. The predicted molar refractivity (Wildman–Crippen MR) is 88.3 cm³/mol. The summed E-state index contributed by atoms with van der Waals surface area (Å²) in [5, 5.41) is 2.99. The SMILES string of the molecule is CC(C)c1ccc(NC(=O)[C@H]2COc3ccccc3C2)cc1. The van der Waals surface area contributed by atoms with Gasteiger partial charge in [-0.25, -0.2) is 0 Å². The second kappa shape index (κ2) is 6.22. The van der Waals surface area contributed by atoms with Crippen LogP contribution in [-0.2, 0) is 11.2 Å². The van der Waals surface area contributed by atoms with Gasteiger partial charge < -0.3 is 10.1 Å². The maximum absolute atomic E-state index is 12.4. The molecular formula is C19H21NO2. The summed E-state index contributed by atoms with van der Waals surface area (Å²) in [6.07, 6.45) is 0.728. The lowest BCUT2D eigenvalue weighted by molar-refractivity contribution is -0.121. The Morgan fingerprint density at radius 3 is 2.59 bits per heavy atom. The minimum Gasteiger partial charge on any atom is -0.492 e. The highest BCUT2D eigenvalue weighted by atomic mass is 16.5. The van der Waals surface area contributed by atoms with Gasteiger partial charge in [-0.05, 0) is 41.7 Å². The van der Waals surface area contributed by atoms with E-state index in [4.69, 9.17) is 4.74 Å². The van der Waals surface area contributed by atoms with E-state index in [0.717, 1.165) is 23.4 Å². The average molecular weight is 295 g/mol. The van der Waals surface area contributed by atoms with Crippen molar-refractivity contribution in [3.63, 3.8) is 0 Å². The molecule has 1 aliphatic heterocycles. The van der Waals surface area contributed by atoms with Crippen molar-refractivity contribution >= 4 is 11.6 Å². The standard InChI is InChI=1S/C19H21NO2/c1-13(2)14-7-9-17(10-8-14)20-19(21)16-11-15-5-3-4-6-18(15)22-12-16/h3-10,13,16H,11-12H2,1-2H3,(H,20,21)/t16-/m1/s1. The first-order valence-electron chi connectivity index (χ1n) is 7.75. The largest absolute Gasteiger partial charge is 0.492 e. The van der Waals surface area contributed by atoms with Crippen molar-refractivity contribution in [3.8, 4) is 5.75 Å². The van der Waals surface area contributed by atoms with Crippen LogP contribution in [0.3, 0.4) is 0 Å². The van der Waals surface area contributed by atoms with Gasteiger partial charge in [0.05, 0.1) is 5.92 Å². The van der Waals surface area contributed by atoms with Crippen LogP contribution in [0, 0.1) is 5.92 Å². The van der Waals surface area contributed by atoms with Crippen LogP contribution in [-0.4, -0.2) is 12.5 Å². The topological polar surface area (TPSA) is 38.3 Å². The van der Waals surface area contributed by atoms with Crippen LogP contribution in [0.4, 0.5) is 5.69 Å². The molecule has 0 unspecified atom stereocenters. The number of nitrogens with one attached hydrogen (secondary N) is 1. The smallest absolute Gasteiger partial charge is 0.231 e. The zero-order chi connectivity index (χ0) is 15.5. The van der Waals surface area contributed by atoms with E-state index in [1.165, 1.54) is 5.56 Å². The Labute approximate surface area is 131 Å². The molecule has 0 aliphatic carbocycles. The molecule has 0 saturated heterocycles. The van der Waals surface area contributed by atoms with E-state index in [0.29, 0.717) is 12.5 Å². The summed E-state index contributed by atoms with van der Waals surface area (Å²) < 4.78 is 5.68. The fourth-order valence-corrected chi connectivity index (χ4v) is 2.69. The Kier molecular flexibility index (Phi) is 4.14. The van der Waals surface area contributed by atoms with E-state index >= 15 is 0 Å². The van der Waals surface area contributed by atoms with Gasteiger partial charge in [0.2, 0.25) is 5.91 Å². The minimum absolute atomic E-state index is 0.0202. The summed E-state index contributed by atoms with van der Waals surface area (Å²) >= 11 is 0. The summed E-state index contributed by atoms with van der Waals surface area (Å²) in [6, 6.07) is 16.0. The number of carbonyl (C=O) groups excluding carboxylic acids is 1. The number of anilines is 1. The van der Waals surface area contributed by atoms with Gasteiger partial charge >= 0.3 is 0 Å². The van der Waals surface area contributed by atoms with Gasteiger partial charge in [0.25, 0.3) is 0 Å². The third-order valence-electron chi connectivity index (χ3n) is 4.09. The molecule has 0 spiro atoms. The third-order valence-corrected chi connectivity index (χ3v) is 4.09. The van der Waals surface area contributed by atoms with Crippen LogP contribution in [0.2, 0.25) is 0 Å². The summed E-state index contributed by atoms with van der Waals surface area (Å²) in [6.45, 7) is 4.75. The lowest BCUT2D eigenvalue weighted by atomic mass is 9.96. The van der Waals surface area contributed by atoms with E-state index < -0.39 is 0 Å². The second-order valence-corrected chi connectivity index (χ2v) is 6.09. The van der Waals surface area contributed by atoms with Crippen molar-refractivity contribution < 1.29 is 9.53 Å². The van der Waals surface area contributed by atoms with Crippen LogP contribution in [0.15, 0.2) is 48.5 Å². The van der Waals surface area contributed by atoms with Gasteiger partial charge in [0, 0.05) is 5.69 Å². The molecule has 22 heavy (non-hydrogen) atoms. The van der Waals surface area contributed by atoms with Gasteiger partial charge in [0.1, 0.15) is 12.4 Å². The molecule has 114 valence electrons. The zero-order valence-electron chi connectivity index (χ0n) is 13.0. The highest BCUT2D eigenvalue weighted by Gasteiger charge is 2.25. The number of ether oxygens (including phenoxy) is 1. The summed E-state index contributed by atoms with van der Waals surface area (Å²) in [4.78, 5) is 12.4. The number of para-hydroxylation sites is 1. The number of carbonyl (C=O) groups is 1. The van der Waals surface area contributed by atoms with Crippen molar-refractivity contribution in [2.24, 2.45) is 5.92 Å². The van der Waals surface area contributed by atoms with Crippen LogP contribution in [0.25, 0.3) is 0 Å². The fraction of sp³-hybridized carbons (Fsp3) is 0.316. The van der Waals surface area contributed by atoms with Crippen molar-refractivity contribution in [1.29, 1.82) is 0 Å². The molecule has 3 nitrogen and oxygen atoms in total. The molecule has 1 heterocycles. The first kappa shape index (κ1) is 14.6. The summed E-state index contributed by atoms with van der Waals surface area (Å²) in [7, 11) is 0. The molecule has 0 fully saturated rings. The first-order valence-corrected chi connectivity index (χ1v) is 7.75. The van der Waals surface area contributed by atoms with Gasteiger partial charge in [-0.2, -0.15) is 0 Å². The van der Waals surface area contributed by atoms with E-state index in [1.54, 1.807) is 0 Å². The Bertz CT molecular complexity index is 661. The molecule has 3 rings (SSSR count). The minimum atomic E-state index is -0.139. The molecule has 1 N–H and O–H groups in total. The second-order valence-electron chi connectivity index (χ2n) is 6.09. The Morgan fingerprint density at radius 2 is 1.86 bits per heavy atom. The van der Waals surface area contributed by atoms with Crippen LogP contribution in [0.5, 0.6) is 5.75 Å². The molecular weight excluding hydrogens is 274 g/mol. The normalized spacial score (nSPS) is 16.8. The van der Waals surface area contributed by atoms with E-state index in [2.05, 4.69) is 31.3 Å². The molecule has 0 aromatic heterocycles. The highest BCUT2D eigenvalue weighted by molar-refractivity contribution is 5.93. The van der Waals surface area contributed by atoms with Gasteiger partial charge in [-0.1, -0.05) is 44.2 Å². The molecule has 0 radical (unpaired) electrons. The Morgan fingerprint density at radius 1 is 1.14 bits per heavy atom. The Balaban J connectivity index is 1.65. The Hall–Kier alpha value is -2.29. The van der Waals surface area contributed by atoms with Crippen molar-refractivity contribution in [1.82, 2.24) is 0 Å². The quantitative estimate of drug-likeness (QED) is 0.929. The fourth-order valence-electron chi connectivity index (χ4n) is 2.69. The molecule has 0 bridgehead atoms. The lowest BCUT2D eigenvalue weighted by Crippen LogP contribution is -2.32. The predicted octanol–water partition coefficient (Wildman–Crippen LogP) is 4.00. The number of hydrogen-bond acceptors (Lipinski definition) is 2. The monoisotopic (exact) mass is 295 g/mol. The molecule has 1 aliphatic rings. The van der Waals surface area contributed by atoms with Gasteiger partial charge in [-0.3, -0.25) is 4.79 Å². The zero-order valence-corrected chi connectivity index (χ0v) is 13.0. The summed E-state index contributed by atoms with van der Waals surface area (Å²) in [5.41, 5.74) is 3.21. The number of fused-ring (bicyclic) bond motifs is 1. The lowest BCUT2D eigenvalue weighted by Gasteiger charge is -2.24. The third kappa shape index (κ3) is 3.14. The van der Waals surface area contributed by atoms with E-state index in [9.17, 15) is 4.79 Å². The maximum atomic E-state index is 12.4. The molecule has 1 atom stereocenters. The van der Waals surface area contributed by atoms with Crippen LogP contribution < -0.4 is 10.1 Å². The van der Waals surface area contributed by atoms with Crippen molar-refractivity contribution in [3.05, 3.63) is 59.7 Å². The number of amides is 1. The molecule has 1 amide bonds. The van der Waals surface area contributed by atoms with Gasteiger partial charge in [0.15, 0.2) is 0 Å². The summed E-state index contributed by atoms with van der Waals surface area (Å²) in [5.74, 6) is 1.27. The van der Waals surface area contributed by atoms with Crippen LogP contribution >= 0.6 is 0 Å². The first-order chi connectivity index (χ1) is 10.6. The van der Waals surface area contributed by atoms with Gasteiger partial charge in [-0.15, -0.1) is 0 Å². The number of benzene rings is 2. The molecule has 2 aromatic rings. The maximum Gasteiger partial charge on any atom is 0.231 e. The number of rotatable bonds is 3. The van der Waals surface area contributed by atoms with E-state index in [-0.39, 0.29) is 11.8 Å². The average Bonchev–Trinajstić information content (AvgIpc) is 2.55. The van der Waals surface area contributed by atoms with Crippen molar-refractivity contribution in [2.75, 3.05) is 11.9 Å². The van der Waals surface area contributed by atoms with E-state index in [1.807, 2.05) is 36.4 Å². The van der Waals surface area contributed by atoms with Crippen LogP contribution in [0.1, 0.15) is 30.9 Å².